The maximum absolute atomic E-state index is 11.9. The van der Waals surface area contributed by atoms with Crippen LogP contribution in [0.25, 0.3) is 0 Å². The zero-order chi connectivity index (χ0) is 12.8. The molecule has 2 fully saturated rings. The van der Waals surface area contributed by atoms with Gasteiger partial charge in [-0.25, -0.2) is 0 Å². The van der Waals surface area contributed by atoms with Crippen LogP contribution in [-0.2, 0) is 4.79 Å². The largest absolute Gasteiger partial charge is 0.353 e. The molecule has 4 heteroatoms. The van der Waals surface area contributed by atoms with Crippen molar-refractivity contribution in [3.05, 3.63) is 0 Å². The zero-order valence-corrected chi connectivity index (χ0v) is 11.6. The van der Waals surface area contributed by atoms with Gasteiger partial charge in [0, 0.05) is 44.7 Å². The molecular formula is C14H27N3O. The Bertz CT molecular complexity index is 264. The van der Waals surface area contributed by atoms with Gasteiger partial charge in [-0.3, -0.25) is 9.69 Å². The number of piperazine rings is 1. The van der Waals surface area contributed by atoms with Crippen LogP contribution in [0.15, 0.2) is 0 Å². The van der Waals surface area contributed by atoms with Gasteiger partial charge in [0.2, 0.25) is 5.91 Å². The van der Waals surface area contributed by atoms with Gasteiger partial charge in [-0.1, -0.05) is 19.3 Å². The minimum atomic E-state index is 0.243. The number of carbonyl (C=O) groups is 1. The van der Waals surface area contributed by atoms with Gasteiger partial charge < -0.3 is 10.6 Å². The molecule has 4 nitrogen and oxygen atoms in total. The third kappa shape index (κ3) is 4.25. The van der Waals surface area contributed by atoms with Gasteiger partial charge in [0.25, 0.3) is 0 Å². The first-order valence-corrected chi connectivity index (χ1v) is 7.50. The Hall–Kier alpha value is -0.610. The maximum Gasteiger partial charge on any atom is 0.221 e. The van der Waals surface area contributed by atoms with Gasteiger partial charge in [0.15, 0.2) is 0 Å². The molecule has 1 atom stereocenters. The summed E-state index contributed by atoms with van der Waals surface area (Å²) in [6.45, 7) is 6.29. The molecule has 2 rings (SSSR count). The molecule has 1 saturated carbocycles. The summed E-state index contributed by atoms with van der Waals surface area (Å²) in [7, 11) is 0. The second kappa shape index (κ2) is 7.10. The van der Waals surface area contributed by atoms with Crippen molar-refractivity contribution in [2.75, 3.05) is 26.2 Å². The van der Waals surface area contributed by atoms with Crippen molar-refractivity contribution in [3.63, 3.8) is 0 Å². The highest BCUT2D eigenvalue weighted by atomic mass is 16.1. The first-order chi connectivity index (χ1) is 8.75. The van der Waals surface area contributed by atoms with E-state index in [4.69, 9.17) is 0 Å². The van der Waals surface area contributed by atoms with Crippen LogP contribution >= 0.6 is 0 Å². The van der Waals surface area contributed by atoms with Gasteiger partial charge in [-0.15, -0.1) is 0 Å². The Morgan fingerprint density at radius 3 is 2.83 bits per heavy atom. The molecule has 2 N–H and O–H groups in total. The van der Waals surface area contributed by atoms with Gasteiger partial charge in [0.1, 0.15) is 0 Å². The molecule has 0 radical (unpaired) electrons. The topological polar surface area (TPSA) is 44.4 Å². The fourth-order valence-corrected chi connectivity index (χ4v) is 3.01. The fourth-order valence-electron chi connectivity index (χ4n) is 3.01. The Balaban J connectivity index is 1.64. The molecule has 18 heavy (non-hydrogen) atoms. The third-order valence-electron chi connectivity index (χ3n) is 4.24. The quantitative estimate of drug-likeness (QED) is 0.789. The lowest BCUT2D eigenvalue weighted by Gasteiger charge is -2.33. The number of hydrogen-bond acceptors (Lipinski definition) is 3. The number of hydrogen-bond donors (Lipinski definition) is 2. The van der Waals surface area contributed by atoms with Gasteiger partial charge >= 0.3 is 0 Å². The monoisotopic (exact) mass is 253 g/mol. The van der Waals surface area contributed by atoms with Crippen LogP contribution < -0.4 is 10.6 Å². The summed E-state index contributed by atoms with van der Waals surface area (Å²) >= 11 is 0. The number of amides is 1. The number of rotatable bonds is 4. The lowest BCUT2D eigenvalue weighted by Crippen LogP contribution is -2.50. The standard InChI is InChI=1S/C14H27N3O/c1-12-11-15-8-10-17(12)9-7-14(18)16-13-5-3-2-4-6-13/h12-13,15H,2-11H2,1H3,(H,16,18)/t12-/m0/s1. The van der Waals surface area contributed by atoms with Crippen molar-refractivity contribution in [2.45, 2.75) is 57.5 Å². The van der Waals surface area contributed by atoms with E-state index in [1.165, 1.54) is 32.1 Å². The molecule has 1 amide bonds. The summed E-state index contributed by atoms with van der Waals surface area (Å²) in [6, 6.07) is 1.01. The second-order valence-corrected chi connectivity index (χ2v) is 5.74. The molecule has 1 heterocycles. The van der Waals surface area contributed by atoms with Gasteiger partial charge in [-0.2, -0.15) is 0 Å². The maximum atomic E-state index is 11.9. The van der Waals surface area contributed by atoms with Crippen LogP contribution in [0.4, 0.5) is 0 Å². The highest BCUT2D eigenvalue weighted by Crippen LogP contribution is 2.17. The predicted molar refractivity (Wildman–Crippen MR) is 73.5 cm³/mol. The summed E-state index contributed by atoms with van der Waals surface area (Å²) in [5.41, 5.74) is 0. The van der Waals surface area contributed by atoms with Crippen LogP contribution in [0.2, 0.25) is 0 Å². The first-order valence-electron chi connectivity index (χ1n) is 7.50. The van der Waals surface area contributed by atoms with Gasteiger partial charge in [-0.05, 0) is 19.8 Å². The smallest absolute Gasteiger partial charge is 0.221 e. The Morgan fingerprint density at radius 2 is 2.11 bits per heavy atom. The van der Waals surface area contributed by atoms with Crippen molar-refractivity contribution in [3.8, 4) is 0 Å². The summed E-state index contributed by atoms with van der Waals surface area (Å²) in [5.74, 6) is 0.243. The molecule has 0 aromatic carbocycles. The van der Waals surface area contributed by atoms with Crippen LogP contribution in [0.3, 0.4) is 0 Å². The average Bonchev–Trinajstić information content (AvgIpc) is 2.39. The van der Waals surface area contributed by atoms with E-state index in [-0.39, 0.29) is 5.91 Å². The number of nitrogens with one attached hydrogen (secondary N) is 2. The highest BCUT2D eigenvalue weighted by molar-refractivity contribution is 5.76. The minimum absolute atomic E-state index is 0.243. The van der Waals surface area contributed by atoms with Crippen molar-refractivity contribution < 1.29 is 4.79 Å². The predicted octanol–water partition coefficient (Wildman–Crippen LogP) is 1.12. The molecular weight excluding hydrogens is 226 g/mol. The molecule has 1 aliphatic heterocycles. The van der Waals surface area contributed by atoms with E-state index < -0.39 is 0 Å². The summed E-state index contributed by atoms with van der Waals surface area (Å²) in [6.07, 6.45) is 6.90. The van der Waals surface area contributed by atoms with Crippen molar-refractivity contribution >= 4 is 5.91 Å². The average molecular weight is 253 g/mol. The van der Waals surface area contributed by atoms with E-state index >= 15 is 0 Å². The summed E-state index contributed by atoms with van der Waals surface area (Å²) in [5, 5.41) is 6.57. The molecule has 1 aliphatic carbocycles. The van der Waals surface area contributed by atoms with Crippen LogP contribution in [0, 0.1) is 0 Å². The van der Waals surface area contributed by atoms with E-state index in [1.807, 2.05) is 0 Å². The Labute approximate surface area is 110 Å². The van der Waals surface area contributed by atoms with Crippen molar-refractivity contribution in [1.82, 2.24) is 15.5 Å². The molecule has 2 aliphatic rings. The molecule has 0 bridgehead atoms. The third-order valence-corrected chi connectivity index (χ3v) is 4.24. The van der Waals surface area contributed by atoms with E-state index in [2.05, 4.69) is 22.5 Å². The molecule has 104 valence electrons. The van der Waals surface area contributed by atoms with E-state index in [0.29, 0.717) is 18.5 Å². The molecule has 0 spiro atoms. The summed E-state index contributed by atoms with van der Waals surface area (Å²) in [4.78, 5) is 14.3. The van der Waals surface area contributed by atoms with Gasteiger partial charge in [0.05, 0.1) is 0 Å². The van der Waals surface area contributed by atoms with Crippen LogP contribution in [0.1, 0.15) is 45.4 Å². The Kier molecular flexibility index (Phi) is 5.45. The van der Waals surface area contributed by atoms with E-state index in [0.717, 1.165) is 26.2 Å². The molecule has 0 aromatic heterocycles. The zero-order valence-electron chi connectivity index (χ0n) is 11.6. The number of nitrogens with zero attached hydrogens (tertiary/aromatic N) is 1. The van der Waals surface area contributed by atoms with Crippen molar-refractivity contribution in [1.29, 1.82) is 0 Å². The second-order valence-electron chi connectivity index (χ2n) is 5.74. The van der Waals surface area contributed by atoms with Crippen molar-refractivity contribution in [2.24, 2.45) is 0 Å². The first kappa shape index (κ1) is 13.8. The normalized spacial score (nSPS) is 27.1. The van der Waals surface area contributed by atoms with E-state index in [9.17, 15) is 4.79 Å². The van der Waals surface area contributed by atoms with Crippen LogP contribution in [0.5, 0.6) is 0 Å². The molecule has 0 unspecified atom stereocenters. The lowest BCUT2D eigenvalue weighted by molar-refractivity contribution is -0.122. The summed E-state index contributed by atoms with van der Waals surface area (Å²) < 4.78 is 0. The van der Waals surface area contributed by atoms with Crippen LogP contribution in [-0.4, -0.2) is 49.1 Å². The lowest BCUT2D eigenvalue weighted by atomic mass is 9.95. The van der Waals surface area contributed by atoms with E-state index in [1.54, 1.807) is 0 Å². The SMILES string of the molecule is C[C@H]1CNCCN1CCC(=O)NC1CCCCC1. The highest BCUT2D eigenvalue weighted by Gasteiger charge is 2.20. The molecule has 1 saturated heterocycles. The molecule has 0 aromatic rings. The number of carbonyl (C=O) groups excluding carboxylic acids is 1. The Morgan fingerprint density at radius 1 is 1.33 bits per heavy atom. The minimum Gasteiger partial charge on any atom is -0.353 e. The fraction of sp³-hybridized carbons (Fsp3) is 0.929.